The van der Waals surface area contributed by atoms with Crippen LogP contribution in [0.15, 0.2) is 0 Å². The molecule has 0 saturated heterocycles. The van der Waals surface area contributed by atoms with Crippen LogP contribution < -0.4 is 11.1 Å². The van der Waals surface area contributed by atoms with Gasteiger partial charge in [0.15, 0.2) is 0 Å². The van der Waals surface area contributed by atoms with E-state index in [1.54, 1.807) is 0 Å². The molecule has 2 heteroatoms. The van der Waals surface area contributed by atoms with Crippen LogP contribution in [0.5, 0.6) is 0 Å². The second kappa shape index (κ2) is 4.19. The molecule has 0 spiro atoms. The van der Waals surface area contributed by atoms with Crippen LogP contribution in [0.3, 0.4) is 0 Å². The van der Waals surface area contributed by atoms with Crippen molar-refractivity contribution in [3.8, 4) is 0 Å². The molecule has 0 atom stereocenters. The summed E-state index contributed by atoms with van der Waals surface area (Å²) in [5.74, 6) is 0.949. The van der Waals surface area contributed by atoms with Crippen molar-refractivity contribution in [2.24, 2.45) is 17.1 Å². The molecule has 14 heavy (non-hydrogen) atoms. The summed E-state index contributed by atoms with van der Waals surface area (Å²) in [6, 6.07) is 0.800. The molecule has 0 aliphatic heterocycles. The number of nitrogens with one attached hydrogen (secondary N) is 1. The molecule has 82 valence electrons. The minimum atomic E-state index is 0.457. The molecular weight excluding hydrogens is 172 g/mol. The maximum Gasteiger partial charge on any atom is 0.00723 e. The Labute approximate surface area is 87.6 Å². The van der Waals surface area contributed by atoms with Crippen LogP contribution in [-0.2, 0) is 0 Å². The van der Waals surface area contributed by atoms with Gasteiger partial charge in [0.05, 0.1) is 0 Å². The molecular formula is C12H24N2. The molecule has 0 aromatic heterocycles. The Morgan fingerprint density at radius 3 is 2.43 bits per heavy atom. The van der Waals surface area contributed by atoms with Crippen molar-refractivity contribution in [1.29, 1.82) is 0 Å². The molecule has 3 N–H and O–H groups in total. The highest BCUT2D eigenvalue weighted by Crippen LogP contribution is 2.37. The first kappa shape index (κ1) is 10.4. The lowest BCUT2D eigenvalue weighted by molar-refractivity contribution is 0.199. The zero-order valence-corrected chi connectivity index (χ0v) is 9.39. The van der Waals surface area contributed by atoms with Crippen molar-refractivity contribution in [2.45, 2.75) is 51.5 Å². The van der Waals surface area contributed by atoms with Crippen LogP contribution >= 0.6 is 0 Å². The number of hydrogen-bond acceptors (Lipinski definition) is 2. The highest BCUT2D eigenvalue weighted by atomic mass is 14.9. The summed E-state index contributed by atoms with van der Waals surface area (Å²) < 4.78 is 0. The molecule has 0 unspecified atom stereocenters. The van der Waals surface area contributed by atoms with E-state index in [-0.39, 0.29) is 0 Å². The van der Waals surface area contributed by atoms with Crippen molar-refractivity contribution in [3.05, 3.63) is 0 Å². The van der Waals surface area contributed by atoms with Gasteiger partial charge < -0.3 is 11.1 Å². The Bertz CT molecular complexity index is 179. The highest BCUT2D eigenvalue weighted by molar-refractivity contribution is 4.90. The molecule has 0 bridgehead atoms. The van der Waals surface area contributed by atoms with Crippen LogP contribution in [0.1, 0.15) is 45.4 Å². The average Bonchev–Trinajstić information content (AvgIpc) is 2.60. The molecule has 2 rings (SSSR count). The Morgan fingerprint density at radius 2 is 1.93 bits per heavy atom. The summed E-state index contributed by atoms with van der Waals surface area (Å²) in [5.41, 5.74) is 6.36. The van der Waals surface area contributed by atoms with E-state index in [2.05, 4.69) is 12.2 Å². The van der Waals surface area contributed by atoms with Gasteiger partial charge in [-0.25, -0.2) is 0 Å². The van der Waals surface area contributed by atoms with Gasteiger partial charge in [-0.2, -0.15) is 0 Å². The Morgan fingerprint density at radius 1 is 1.29 bits per heavy atom. The molecule has 2 aliphatic carbocycles. The highest BCUT2D eigenvalue weighted by Gasteiger charge is 2.34. The van der Waals surface area contributed by atoms with Gasteiger partial charge in [-0.3, -0.25) is 0 Å². The summed E-state index contributed by atoms with van der Waals surface area (Å²) >= 11 is 0. The summed E-state index contributed by atoms with van der Waals surface area (Å²) in [6.07, 6.45) is 8.22. The summed E-state index contributed by atoms with van der Waals surface area (Å²) in [7, 11) is 0. The lowest BCUT2D eigenvalue weighted by Crippen LogP contribution is -2.47. The van der Waals surface area contributed by atoms with Gasteiger partial charge in [-0.1, -0.05) is 19.8 Å². The van der Waals surface area contributed by atoms with E-state index in [0.29, 0.717) is 5.41 Å². The minimum absolute atomic E-state index is 0.457. The van der Waals surface area contributed by atoms with E-state index in [4.69, 9.17) is 5.73 Å². The molecule has 0 aromatic rings. The topological polar surface area (TPSA) is 38.0 Å². The fourth-order valence-electron chi connectivity index (χ4n) is 3.01. The van der Waals surface area contributed by atoms with Crippen molar-refractivity contribution >= 4 is 0 Å². The first-order chi connectivity index (χ1) is 6.74. The fraction of sp³-hybridized carbons (Fsp3) is 1.00. The standard InChI is InChI=1S/C12H24N2/c1-10-6-11(7-10)14-9-12(8-13)4-2-3-5-12/h10-11,14H,2-9,13H2,1H3. The number of nitrogens with two attached hydrogens (primary N) is 1. The molecule has 2 aliphatic rings. The van der Waals surface area contributed by atoms with E-state index in [1.807, 2.05) is 0 Å². The monoisotopic (exact) mass is 196 g/mol. The van der Waals surface area contributed by atoms with Crippen LogP contribution in [0, 0.1) is 11.3 Å². The van der Waals surface area contributed by atoms with Gasteiger partial charge in [0.2, 0.25) is 0 Å². The van der Waals surface area contributed by atoms with Gasteiger partial charge in [-0.05, 0) is 43.6 Å². The molecule has 0 amide bonds. The Balaban J connectivity index is 1.72. The van der Waals surface area contributed by atoms with Gasteiger partial charge in [0.25, 0.3) is 0 Å². The zero-order valence-electron chi connectivity index (χ0n) is 9.39. The third-order valence-corrected chi connectivity index (χ3v) is 4.24. The normalized spacial score (nSPS) is 35.6. The van der Waals surface area contributed by atoms with Crippen molar-refractivity contribution in [2.75, 3.05) is 13.1 Å². The second-order valence-electron chi connectivity index (χ2n) is 5.57. The summed E-state index contributed by atoms with van der Waals surface area (Å²) in [5, 5.41) is 3.70. The Kier molecular flexibility index (Phi) is 3.13. The molecule has 2 fully saturated rings. The minimum Gasteiger partial charge on any atom is -0.330 e. The van der Waals surface area contributed by atoms with Gasteiger partial charge >= 0.3 is 0 Å². The van der Waals surface area contributed by atoms with E-state index < -0.39 is 0 Å². The van der Waals surface area contributed by atoms with Gasteiger partial charge in [-0.15, -0.1) is 0 Å². The smallest absolute Gasteiger partial charge is 0.00723 e. The first-order valence-electron chi connectivity index (χ1n) is 6.18. The van der Waals surface area contributed by atoms with Crippen molar-refractivity contribution in [3.63, 3.8) is 0 Å². The van der Waals surface area contributed by atoms with Crippen molar-refractivity contribution in [1.82, 2.24) is 5.32 Å². The average molecular weight is 196 g/mol. The van der Waals surface area contributed by atoms with Crippen molar-refractivity contribution < 1.29 is 0 Å². The first-order valence-corrected chi connectivity index (χ1v) is 6.18. The van der Waals surface area contributed by atoms with E-state index in [9.17, 15) is 0 Å². The maximum absolute atomic E-state index is 5.90. The van der Waals surface area contributed by atoms with E-state index in [0.717, 1.165) is 18.5 Å². The fourth-order valence-corrected chi connectivity index (χ4v) is 3.01. The molecule has 0 aromatic carbocycles. The summed E-state index contributed by atoms with van der Waals surface area (Å²) in [6.45, 7) is 4.38. The lowest BCUT2D eigenvalue weighted by atomic mass is 9.80. The third kappa shape index (κ3) is 2.12. The quantitative estimate of drug-likeness (QED) is 0.720. The third-order valence-electron chi connectivity index (χ3n) is 4.24. The van der Waals surface area contributed by atoms with Crippen LogP contribution in [0.25, 0.3) is 0 Å². The van der Waals surface area contributed by atoms with Crippen LogP contribution in [-0.4, -0.2) is 19.1 Å². The largest absolute Gasteiger partial charge is 0.330 e. The Hall–Kier alpha value is -0.0800. The summed E-state index contributed by atoms with van der Waals surface area (Å²) in [4.78, 5) is 0. The van der Waals surface area contributed by atoms with Crippen LogP contribution in [0.4, 0.5) is 0 Å². The van der Waals surface area contributed by atoms with Gasteiger partial charge in [0, 0.05) is 12.6 Å². The van der Waals surface area contributed by atoms with E-state index >= 15 is 0 Å². The predicted molar refractivity (Wildman–Crippen MR) is 60.1 cm³/mol. The van der Waals surface area contributed by atoms with E-state index in [1.165, 1.54) is 45.1 Å². The van der Waals surface area contributed by atoms with Gasteiger partial charge in [0.1, 0.15) is 0 Å². The maximum atomic E-state index is 5.90. The molecule has 2 nitrogen and oxygen atoms in total. The molecule has 0 radical (unpaired) electrons. The lowest BCUT2D eigenvalue weighted by Gasteiger charge is -2.37. The second-order valence-corrected chi connectivity index (χ2v) is 5.57. The van der Waals surface area contributed by atoms with Crippen LogP contribution in [0.2, 0.25) is 0 Å². The molecule has 0 heterocycles. The number of rotatable bonds is 4. The molecule has 2 saturated carbocycles. The SMILES string of the molecule is CC1CC(NCC2(CN)CCCC2)C1. The zero-order chi connectivity index (χ0) is 10.0. The predicted octanol–water partition coefficient (Wildman–Crippen LogP) is 1.89. The number of hydrogen-bond donors (Lipinski definition) is 2.